The topological polar surface area (TPSA) is 26.3 Å². The Morgan fingerprint density at radius 1 is 0.867 bits per heavy atom. The first kappa shape index (κ1) is 11.0. The van der Waals surface area contributed by atoms with Gasteiger partial charge in [-0.1, -0.05) is 38.5 Å². The van der Waals surface area contributed by atoms with Gasteiger partial charge in [-0.25, -0.2) is 0 Å². The predicted molar refractivity (Wildman–Crippen MR) is 59.5 cm³/mol. The van der Waals surface area contributed by atoms with Gasteiger partial charge >= 0.3 is 0 Å². The Balaban J connectivity index is 1.93. The van der Waals surface area contributed by atoms with Crippen molar-refractivity contribution in [1.29, 1.82) is 0 Å². The summed E-state index contributed by atoms with van der Waals surface area (Å²) in [5, 5.41) is 0. The van der Waals surface area contributed by atoms with Gasteiger partial charge in [0.1, 0.15) is 6.10 Å². The quantitative estimate of drug-likeness (QED) is 0.668. The molecule has 2 saturated carbocycles. The van der Waals surface area contributed by atoms with Crippen LogP contribution in [0.1, 0.15) is 57.8 Å². The summed E-state index contributed by atoms with van der Waals surface area (Å²) in [6.07, 6.45) is 12.1. The molecule has 2 fully saturated rings. The number of hydrogen-bond acceptors (Lipinski definition) is 2. The molecule has 0 N–H and O–H groups in total. The molecule has 0 heterocycles. The van der Waals surface area contributed by atoms with E-state index in [0.29, 0.717) is 12.4 Å². The van der Waals surface area contributed by atoms with Gasteiger partial charge in [0.25, 0.3) is 6.47 Å². The van der Waals surface area contributed by atoms with Crippen LogP contribution in [0, 0.1) is 11.8 Å². The maximum atomic E-state index is 10.5. The van der Waals surface area contributed by atoms with E-state index in [1.165, 1.54) is 51.4 Å². The summed E-state index contributed by atoms with van der Waals surface area (Å²) in [5.41, 5.74) is 0. The summed E-state index contributed by atoms with van der Waals surface area (Å²) >= 11 is 0. The first-order valence-corrected chi connectivity index (χ1v) is 6.51. The molecule has 2 aliphatic carbocycles. The normalized spacial score (nSPS) is 33.6. The number of carbonyl (C=O) groups excluding carboxylic acids is 1. The standard InChI is InChI=1S/C13H22O2/c14-10-15-13-9-5-4-8-12(13)11-6-2-1-3-7-11/h10-13H,1-9H2. The molecule has 0 aromatic heterocycles. The first-order valence-electron chi connectivity index (χ1n) is 6.51. The Bertz CT molecular complexity index is 197. The lowest BCUT2D eigenvalue weighted by atomic mass is 9.72. The average molecular weight is 210 g/mol. The fourth-order valence-electron chi connectivity index (χ4n) is 3.47. The maximum absolute atomic E-state index is 10.5. The molecule has 0 radical (unpaired) electrons. The molecule has 0 amide bonds. The number of ether oxygens (including phenoxy) is 1. The lowest BCUT2D eigenvalue weighted by molar-refractivity contribution is -0.139. The molecule has 0 spiro atoms. The van der Waals surface area contributed by atoms with Crippen LogP contribution in [0.25, 0.3) is 0 Å². The van der Waals surface area contributed by atoms with Crippen molar-refractivity contribution in [2.75, 3.05) is 0 Å². The van der Waals surface area contributed by atoms with E-state index in [9.17, 15) is 4.79 Å². The van der Waals surface area contributed by atoms with E-state index < -0.39 is 0 Å². The fraction of sp³-hybridized carbons (Fsp3) is 0.923. The third-order valence-electron chi connectivity index (χ3n) is 4.24. The zero-order valence-electron chi connectivity index (χ0n) is 9.49. The number of rotatable bonds is 3. The van der Waals surface area contributed by atoms with E-state index in [0.717, 1.165) is 12.3 Å². The van der Waals surface area contributed by atoms with Crippen molar-refractivity contribution in [3.05, 3.63) is 0 Å². The van der Waals surface area contributed by atoms with Gasteiger partial charge in [0.2, 0.25) is 0 Å². The van der Waals surface area contributed by atoms with Crippen molar-refractivity contribution >= 4 is 6.47 Å². The van der Waals surface area contributed by atoms with Crippen LogP contribution < -0.4 is 0 Å². The predicted octanol–water partition coefficient (Wildman–Crippen LogP) is 3.30. The molecule has 0 bridgehead atoms. The van der Waals surface area contributed by atoms with E-state index in [1.54, 1.807) is 0 Å². The molecule has 0 aromatic carbocycles. The molecule has 2 aliphatic rings. The van der Waals surface area contributed by atoms with Crippen molar-refractivity contribution in [2.24, 2.45) is 11.8 Å². The smallest absolute Gasteiger partial charge is 0.293 e. The molecule has 2 nitrogen and oxygen atoms in total. The molecular formula is C13H22O2. The molecule has 2 heteroatoms. The fourth-order valence-corrected chi connectivity index (χ4v) is 3.47. The highest BCUT2D eigenvalue weighted by Crippen LogP contribution is 2.39. The van der Waals surface area contributed by atoms with Crippen molar-refractivity contribution < 1.29 is 9.53 Å². The lowest BCUT2D eigenvalue weighted by Gasteiger charge is -2.37. The Morgan fingerprint density at radius 2 is 1.53 bits per heavy atom. The summed E-state index contributed by atoms with van der Waals surface area (Å²) in [6.45, 7) is 0.659. The second-order valence-electron chi connectivity index (χ2n) is 5.12. The highest BCUT2D eigenvalue weighted by atomic mass is 16.5. The van der Waals surface area contributed by atoms with Crippen LogP contribution in [0.4, 0.5) is 0 Å². The molecule has 2 atom stereocenters. The molecule has 0 aliphatic heterocycles. The van der Waals surface area contributed by atoms with Crippen LogP contribution in [0.5, 0.6) is 0 Å². The van der Waals surface area contributed by atoms with Crippen LogP contribution in [-0.2, 0) is 9.53 Å². The zero-order chi connectivity index (χ0) is 10.5. The maximum Gasteiger partial charge on any atom is 0.293 e. The van der Waals surface area contributed by atoms with Crippen molar-refractivity contribution in [3.63, 3.8) is 0 Å². The zero-order valence-corrected chi connectivity index (χ0v) is 9.49. The highest BCUT2D eigenvalue weighted by Gasteiger charge is 2.33. The lowest BCUT2D eigenvalue weighted by Crippen LogP contribution is -2.34. The third-order valence-corrected chi connectivity index (χ3v) is 4.24. The van der Waals surface area contributed by atoms with Gasteiger partial charge in [-0.3, -0.25) is 4.79 Å². The first-order chi connectivity index (χ1) is 7.42. The van der Waals surface area contributed by atoms with E-state index in [1.807, 2.05) is 0 Å². The molecule has 15 heavy (non-hydrogen) atoms. The second-order valence-corrected chi connectivity index (χ2v) is 5.12. The Hall–Kier alpha value is -0.530. The second kappa shape index (κ2) is 5.53. The van der Waals surface area contributed by atoms with Crippen LogP contribution in [0.15, 0.2) is 0 Å². The van der Waals surface area contributed by atoms with Gasteiger partial charge in [-0.05, 0) is 31.1 Å². The Kier molecular flexibility index (Phi) is 4.04. The van der Waals surface area contributed by atoms with E-state index >= 15 is 0 Å². The molecule has 0 aromatic rings. The molecule has 86 valence electrons. The molecule has 2 rings (SSSR count). The average Bonchev–Trinajstić information content (AvgIpc) is 2.31. The summed E-state index contributed by atoms with van der Waals surface area (Å²) in [4.78, 5) is 10.5. The van der Waals surface area contributed by atoms with Crippen molar-refractivity contribution in [1.82, 2.24) is 0 Å². The van der Waals surface area contributed by atoms with Crippen molar-refractivity contribution in [2.45, 2.75) is 63.9 Å². The molecular weight excluding hydrogens is 188 g/mol. The van der Waals surface area contributed by atoms with Gasteiger partial charge in [0.05, 0.1) is 0 Å². The van der Waals surface area contributed by atoms with Gasteiger partial charge in [-0.2, -0.15) is 0 Å². The Morgan fingerprint density at radius 3 is 2.27 bits per heavy atom. The third kappa shape index (κ3) is 2.73. The van der Waals surface area contributed by atoms with Gasteiger partial charge < -0.3 is 4.74 Å². The van der Waals surface area contributed by atoms with Crippen LogP contribution in [0.2, 0.25) is 0 Å². The SMILES string of the molecule is O=COC1CCCCC1C1CCCCC1. The summed E-state index contributed by atoms with van der Waals surface area (Å²) < 4.78 is 5.27. The van der Waals surface area contributed by atoms with Crippen molar-refractivity contribution in [3.8, 4) is 0 Å². The van der Waals surface area contributed by atoms with Gasteiger partial charge in [-0.15, -0.1) is 0 Å². The largest absolute Gasteiger partial charge is 0.464 e. The highest BCUT2D eigenvalue weighted by molar-refractivity contribution is 5.37. The van der Waals surface area contributed by atoms with Crippen LogP contribution in [-0.4, -0.2) is 12.6 Å². The van der Waals surface area contributed by atoms with E-state index in [-0.39, 0.29) is 6.10 Å². The minimum atomic E-state index is 0.236. The summed E-state index contributed by atoms with van der Waals surface area (Å²) in [7, 11) is 0. The minimum absolute atomic E-state index is 0.236. The number of carbonyl (C=O) groups is 1. The Labute approximate surface area is 92.4 Å². The van der Waals surface area contributed by atoms with E-state index in [4.69, 9.17) is 4.74 Å². The molecule has 2 unspecified atom stereocenters. The monoisotopic (exact) mass is 210 g/mol. The summed E-state index contributed by atoms with van der Waals surface area (Å²) in [5.74, 6) is 1.51. The minimum Gasteiger partial charge on any atom is -0.464 e. The van der Waals surface area contributed by atoms with Crippen LogP contribution in [0.3, 0.4) is 0 Å². The molecule has 0 saturated heterocycles. The number of hydrogen-bond donors (Lipinski definition) is 0. The van der Waals surface area contributed by atoms with E-state index in [2.05, 4.69) is 0 Å². The van der Waals surface area contributed by atoms with Gasteiger partial charge in [0.15, 0.2) is 0 Å². The van der Waals surface area contributed by atoms with Gasteiger partial charge in [0, 0.05) is 0 Å². The summed E-state index contributed by atoms with van der Waals surface area (Å²) in [6, 6.07) is 0. The van der Waals surface area contributed by atoms with Crippen LogP contribution >= 0.6 is 0 Å².